The first kappa shape index (κ1) is 10.6. The van der Waals surface area contributed by atoms with Crippen LogP contribution in [0.2, 0.25) is 0 Å². The van der Waals surface area contributed by atoms with E-state index in [-0.39, 0.29) is 18.2 Å². The summed E-state index contributed by atoms with van der Waals surface area (Å²) in [4.78, 5) is 4.93. The monoisotopic (exact) mass is 231 g/mol. The number of nitrogens with zero attached hydrogens (tertiary/aromatic N) is 2. The van der Waals surface area contributed by atoms with Gasteiger partial charge in [0.05, 0.1) is 11.9 Å². The smallest absolute Gasteiger partial charge is 0.420 e. The molecule has 0 saturated heterocycles. The van der Waals surface area contributed by atoms with Gasteiger partial charge in [-0.25, -0.2) is 4.98 Å². The van der Waals surface area contributed by atoms with Crippen LogP contribution in [0, 0.1) is 0 Å². The predicted molar refractivity (Wildman–Crippen MR) is 51.2 cm³/mol. The first-order valence-electron chi connectivity index (χ1n) is 4.36. The number of halogens is 3. The number of anilines is 2. The lowest BCUT2D eigenvalue weighted by Gasteiger charge is -2.18. The van der Waals surface area contributed by atoms with Gasteiger partial charge in [0.2, 0.25) is 0 Å². The van der Waals surface area contributed by atoms with E-state index in [1.807, 2.05) is 0 Å². The van der Waals surface area contributed by atoms with E-state index < -0.39 is 11.7 Å². The van der Waals surface area contributed by atoms with Gasteiger partial charge in [-0.15, -0.1) is 0 Å². The third kappa shape index (κ3) is 1.88. The minimum Gasteiger partial charge on any atom is -0.479 e. The summed E-state index contributed by atoms with van der Waals surface area (Å²) in [5.74, 6) is -0.213. The van der Waals surface area contributed by atoms with Crippen molar-refractivity contribution in [1.82, 2.24) is 4.98 Å². The van der Waals surface area contributed by atoms with Gasteiger partial charge in [-0.05, 0) is 6.07 Å². The summed E-state index contributed by atoms with van der Waals surface area (Å²) in [7, 11) is 0. The van der Waals surface area contributed by atoms with Crippen LogP contribution in [0.1, 0.15) is 5.56 Å². The van der Waals surface area contributed by atoms with E-state index in [9.17, 15) is 13.2 Å². The Morgan fingerprint density at radius 1 is 1.44 bits per heavy atom. The maximum absolute atomic E-state index is 12.7. The SMILES string of the molecule is Nc1cnc(N2C=COC2)c(C(F)(F)F)c1. The van der Waals surface area contributed by atoms with Crippen LogP contribution < -0.4 is 10.6 Å². The third-order valence-electron chi connectivity index (χ3n) is 2.02. The molecule has 2 heterocycles. The van der Waals surface area contributed by atoms with Crippen molar-refractivity contribution in [2.45, 2.75) is 6.18 Å². The highest BCUT2D eigenvalue weighted by Gasteiger charge is 2.36. The van der Waals surface area contributed by atoms with Crippen molar-refractivity contribution in [3.05, 3.63) is 30.3 Å². The van der Waals surface area contributed by atoms with Crippen LogP contribution in [-0.2, 0) is 10.9 Å². The van der Waals surface area contributed by atoms with E-state index in [4.69, 9.17) is 10.5 Å². The minimum atomic E-state index is -4.49. The molecule has 0 aromatic carbocycles. The standard InChI is InChI=1S/C9H8F3N3O/c10-9(11,12)7-3-6(13)4-14-8(7)15-1-2-16-5-15/h1-4H,5,13H2. The summed E-state index contributed by atoms with van der Waals surface area (Å²) < 4.78 is 42.9. The fraction of sp³-hybridized carbons (Fsp3) is 0.222. The van der Waals surface area contributed by atoms with E-state index in [0.29, 0.717) is 0 Å². The second-order valence-electron chi connectivity index (χ2n) is 3.19. The highest BCUT2D eigenvalue weighted by atomic mass is 19.4. The lowest BCUT2D eigenvalue weighted by atomic mass is 10.2. The Hall–Kier alpha value is -1.92. The van der Waals surface area contributed by atoms with Crippen LogP contribution in [0.4, 0.5) is 24.7 Å². The number of pyridine rings is 1. The average Bonchev–Trinajstić information content (AvgIpc) is 2.69. The zero-order valence-corrected chi connectivity index (χ0v) is 8.03. The molecule has 4 nitrogen and oxygen atoms in total. The van der Waals surface area contributed by atoms with Crippen LogP contribution in [0.15, 0.2) is 24.7 Å². The molecule has 16 heavy (non-hydrogen) atoms. The lowest BCUT2D eigenvalue weighted by Crippen LogP contribution is -2.20. The molecule has 0 saturated carbocycles. The van der Waals surface area contributed by atoms with E-state index in [2.05, 4.69) is 4.98 Å². The highest BCUT2D eigenvalue weighted by Crippen LogP contribution is 2.36. The number of hydrogen-bond acceptors (Lipinski definition) is 4. The first-order valence-corrected chi connectivity index (χ1v) is 4.36. The van der Waals surface area contributed by atoms with Gasteiger partial charge < -0.3 is 10.5 Å². The van der Waals surface area contributed by atoms with Gasteiger partial charge in [-0.1, -0.05) is 0 Å². The second-order valence-corrected chi connectivity index (χ2v) is 3.19. The zero-order chi connectivity index (χ0) is 11.8. The van der Waals surface area contributed by atoms with Gasteiger partial charge in [0, 0.05) is 6.20 Å². The zero-order valence-electron chi connectivity index (χ0n) is 8.03. The molecule has 0 atom stereocenters. The van der Waals surface area contributed by atoms with Crippen LogP contribution in [0.5, 0.6) is 0 Å². The number of ether oxygens (including phenoxy) is 1. The molecule has 1 aliphatic heterocycles. The van der Waals surface area contributed by atoms with Gasteiger partial charge in [-0.3, -0.25) is 4.90 Å². The molecule has 0 bridgehead atoms. The van der Waals surface area contributed by atoms with Crippen LogP contribution in [0.3, 0.4) is 0 Å². The molecule has 0 aliphatic carbocycles. The normalized spacial score (nSPS) is 15.3. The molecule has 0 amide bonds. The minimum absolute atomic E-state index is 0.0139. The molecular weight excluding hydrogens is 223 g/mol. The molecule has 0 radical (unpaired) electrons. The van der Waals surface area contributed by atoms with Gasteiger partial charge in [0.1, 0.15) is 17.6 Å². The number of alkyl halides is 3. The van der Waals surface area contributed by atoms with E-state index >= 15 is 0 Å². The number of rotatable bonds is 1. The summed E-state index contributed by atoms with van der Waals surface area (Å²) in [6.07, 6.45) is -0.628. The molecule has 7 heteroatoms. The van der Waals surface area contributed by atoms with Crippen molar-refractivity contribution < 1.29 is 17.9 Å². The van der Waals surface area contributed by atoms with Crippen LogP contribution >= 0.6 is 0 Å². The Labute approximate surface area is 89.1 Å². The lowest BCUT2D eigenvalue weighted by molar-refractivity contribution is -0.137. The highest BCUT2D eigenvalue weighted by molar-refractivity contribution is 5.56. The van der Waals surface area contributed by atoms with E-state index in [1.54, 1.807) is 0 Å². The van der Waals surface area contributed by atoms with Gasteiger partial charge >= 0.3 is 6.18 Å². The molecule has 86 valence electrons. The molecule has 1 aromatic rings. The topological polar surface area (TPSA) is 51.4 Å². The average molecular weight is 231 g/mol. The fourth-order valence-corrected chi connectivity index (χ4v) is 1.33. The van der Waals surface area contributed by atoms with Crippen molar-refractivity contribution in [3.63, 3.8) is 0 Å². The molecule has 2 N–H and O–H groups in total. The quantitative estimate of drug-likeness (QED) is 0.802. The second kappa shape index (κ2) is 3.58. The summed E-state index contributed by atoms with van der Waals surface area (Å²) >= 11 is 0. The van der Waals surface area contributed by atoms with Gasteiger partial charge in [-0.2, -0.15) is 13.2 Å². The number of nitrogens with two attached hydrogens (primary N) is 1. The summed E-state index contributed by atoms with van der Waals surface area (Å²) in [5.41, 5.74) is 4.39. The van der Waals surface area contributed by atoms with Crippen molar-refractivity contribution in [1.29, 1.82) is 0 Å². The van der Waals surface area contributed by atoms with E-state index in [0.717, 1.165) is 6.07 Å². The fourth-order valence-electron chi connectivity index (χ4n) is 1.33. The Morgan fingerprint density at radius 3 is 2.75 bits per heavy atom. The van der Waals surface area contributed by atoms with Crippen molar-refractivity contribution in [2.75, 3.05) is 17.4 Å². The molecule has 1 aromatic heterocycles. The number of nitrogen functional groups attached to an aromatic ring is 1. The van der Waals surface area contributed by atoms with Gasteiger partial charge in [0.25, 0.3) is 0 Å². The Morgan fingerprint density at radius 2 is 2.19 bits per heavy atom. The Bertz CT molecular complexity index is 430. The maximum atomic E-state index is 12.7. The molecular formula is C9H8F3N3O. The van der Waals surface area contributed by atoms with Crippen molar-refractivity contribution >= 4 is 11.5 Å². The van der Waals surface area contributed by atoms with Crippen LogP contribution in [0.25, 0.3) is 0 Å². The van der Waals surface area contributed by atoms with E-state index in [1.165, 1.54) is 23.6 Å². The van der Waals surface area contributed by atoms with Crippen LogP contribution in [-0.4, -0.2) is 11.7 Å². The Kier molecular flexibility index (Phi) is 2.37. The first-order chi connectivity index (χ1) is 7.48. The maximum Gasteiger partial charge on any atom is 0.420 e. The molecule has 0 unspecified atom stereocenters. The summed E-state index contributed by atoms with van der Waals surface area (Å²) in [6.45, 7) is 0.0139. The van der Waals surface area contributed by atoms with Crippen molar-refractivity contribution in [3.8, 4) is 0 Å². The van der Waals surface area contributed by atoms with Crippen molar-refractivity contribution in [2.24, 2.45) is 0 Å². The predicted octanol–water partition coefficient (Wildman–Crippen LogP) is 1.95. The van der Waals surface area contributed by atoms with Gasteiger partial charge in [0.15, 0.2) is 6.73 Å². The largest absolute Gasteiger partial charge is 0.479 e. The third-order valence-corrected chi connectivity index (χ3v) is 2.02. The molecule has 0 fully saturated rings. The Balaban J connectivity index is 2.47. The summed E-state index contributed by atoms with van der Waals surface area (Å²) in [6, 6.07) is 0.856. The number of aromatic nitrogens is 1. The molecule has 0 spiro atoms. The molecule has 2 rings (SSSR count). The number of hydrogen-bond donors (Lipinski definition) is 1. The summed E-state index contributed by atoms with van der Waals surface area (Å²) in [5, 5.41) is 0. The molecule has 1 aliphatic rings.